The molecule has 1 aromatic carbocycles. The largest absolute Gasteiger partial charge is 0.481 e. The molecule has 0 saturated heterocycles. The van der Waals surface area contributed by atoms with Gasteiger partial charge in [0.25, 0.3) is 0 Å². The van der Waals surface area contributed by atoms with Crippen LogP contribution in [0.3, 0.4) is 0 Å². The van der Waals surface area contributed by atoms with Crippen molar-refractivity contribution in [3.05, 3.63) is 47.5 Å². The molecule has 5 unspecified atom stereocenters. The first-order chi connectivity index (χ1) is 10.5. The lowest BCUT2D eigenvalue weighted by Gasteiger charge is -2.26. The number of carbonyl (C=O) groups excluding carboxylic acids is 1. The lowest BCUT2D eigenvalue weighted by Crippen LogP contribution is -2.41. The number of aryl methyl sites for hydroxylation is 1. The predicted octanol–water partition coefficient (Wildman–Crippen LogP) is 2.70. The van der Waals surface area contributed by atoms with Gasteiger partial charge in [-0.05, 0) is 43.2 Å². The molecule has 4 heteroatoms. The van der Waals surface area contributed by atoms with Gasteiger partial charge >= 0.3 is 5.97 Å². The van der Waals surface area contributed by atoms with E-state index in [1.54, 1.807) is 0 Å². The highest BCUT2D eigenvalue weighted by atomic mass is 16.4. The Balaban J connectivity index is 1.76. The molecule has 0 aromatic heterocycles. The van der Waals surface area contributed by atoms with Gasteiger partial charge in [-0.3, -0.25) is 9.59 Å². The van der Waals surface area contributed by atoms with Crippen molar-refractivity contribution in [1.29, 1.82) is 0 Å². The van der Waals surface area contributed by atoms with Gasteiger partial charge in [0.1, 0.15) is 0 Å². The minimum atomic E-state index is -0.861. The van der Waals surface area contributed by atoms with Crippen LogP contribution in [0.1, 0.15) is 30.5 Å². The second-order valence-corrected chi connectivity index (χ2v) is 6.42. The van der Waals surface area contributed by atoms with Crippen LogP contribution in [-0.4, -0.2) is 17.0 Å². The normalized spacial score (nSPS) is 30.3. The van der Waals surface area contributed by atoms with Crippen LogP contribution in [0, 0.1) is 30.6 Å². The molecule has 0 aliphatic heterocycles. The van der Waals surface area contributed by atoms with E-state index in [1.807, 2.05) is 50.3 Å². The van der Waals surface area contributed by atoms with Crippen LogP contribution in [-0.2, 0) is 9.59 Å². The van der Waals surface area contributed by atoms with Gasteiger partial charge < -0.3 is 10.4 Å². The summed E-state index contributed by atoms with van der Waals surface area (Å²) in [7, 11) is 0. The Bertz CT molecular complexity index is 637. The van der Waals surface area contributed by atoms with E-state index in [0.29, 0.717) is 0 Å². The Kier molecular flexibility index (Phi) is 3.77. The number of hydrogen-bond acceptors (Lipinski definition) is 2. The van der Waals surface area contributed by atoms with Gasteiger partial charge in [0.2, 0.25) is 5.91 Å². The number of aliphatic carboxylic acids is 1. The van der Waals surface area contributed by atoms with Gasteiger partial charge in [-0.25, -0.2) is 0 Å². The zero-order valence-electron chi connectivity index (χ0n) is 12.8. The molecule has 2 N–H and O–H groups in total. The summed E-state index contributed by atoms with van der Waals surface area (Å²) in [5, 5.41) is 12.4. The molecule has 2 aliphatic carbocycles. The van der Waals surface area contributed by atoms with Crippen LogP contribution in [0.25, 0.3) is 0 Å². The summed E-state index contributed by atoms with van der Waals surface area (Å²) in [6.07, 6.45) is 4.75. The monoisotopic (exact) mass is 299 g/mol. The number of carboxylic acids is 1. The summed E-state index contributed by atoms with van der Waals surface area (Å²) in [5.74, 6) is -1.96. The number of benzene rings is 1. The van der Waals surface area contributed by atoms with Gasteiger partial charge in [-0.15, -0.1) is 0 Å². The van der Waals surface area contributed by atoms with Crippen LogP contribution < -0.4 is 5.32 Å². The van der Waals surface area contributed by atoms with Crippen LogP contribution in [0.2, 0.25) is 0 Å². The zero-order chi connectivity index (χ0) is 15.9. The van der Waals surface area contributed by atoms with Gasteiger partial charge in [0, 0.05) is 0 Å². The summed E-state index contributed by atoms with van der Waals surface area (Å²) in [5.41, 5.74) is 2.19. The van der Waals surface area contributed by atoms with Crippen molar-refractivity contribution >= 4 is 11.9 Å². The molecule has 1 fully saturated rings. The quantitative estimate of drug-likeness (QED) is 0.840. The van der Waals surface area contributed by atoms with Crippen molar-refractivity contribution in [3.63, 3.8) is 0 Å². The minimum absolute atomic E-state index is 0.00650. The Morgan fingerprint density at radius 1 is 1.18 bits per heavy atom. The van der Waals surface area contributed by atoms with E-state index in [9.17, 15) is 14.7 Å². The minimum Gasteiger partial charge on any atom is -0.481 e. The first-order valence-corrected chi connectivity index (χ1v) is 7.76. The van der Waals surface area contributed by atoms with Crippen LogP contribution >= 0.6 is 0 Å². The lowest BCUT2D eigenvalue weighted by molar-refractivity contribution is -0.148. The summed E-state index contributed by atoms with van der Waals surface area (Å²) in [4.78, 5) is 24.1. The summed E-state index contributed by atoms with van der Waals surface area (Å²) in [6, 6.07) is 7.81. The van der Waals surface area contributed by atoms with Gasteiger partial charge in [-0.2, -0.15) is 0 Å². The first-order valence-electron chi connectivity index (χ1n) is 7.76. The number of amides is 1. The highest BCUT2D eigenvalue weighted by Gasteiger charge is 2.51. The second kappa shape index (κ2) is 5.59. The molecule has 3 rings (SSSR count). The van der Waals surface area contributed by atoms with Crippen LogP contribution in [0.5, 0.6) is 0 Å². The molecule has 0 radical (unpaired) electrons. The van der Waals surface area contributed by atoms with Crippen LogP contribution in [0.15, 0.2) is 36.4 Å². The van der Waals surface area contributed by atoms with Gasteiger partial charge in [-0.1, -0.05) is 36.4 Å². The smallest absolute Gasteiger partial charge is 0.307 e. The van der Waals surface area contributed by atoms with E-state index < -0.39 is 17.8 Å². The maximum absolute atomic E-state index is 12.6. The Hall–Kier alpha value is -2.10. The van der Waals surface area contributed by atoms with Crippen molar-refractivity contribution in [2.45, 2.75) is 26.3 Å². The van der Waals surface area contributed by atoms with Crippen molar-refractivity contribution < 1.29 is 14.7 Å². The summed E-state index contributed by atoms with van der Waals surface area (Å²) < 4.78 is 0. The number of rotatable bonds is 4. The molecule has 2 aliphatic rings. The number of hydrogen-bond donors (Lipinski definition) is 2. The van der Waals surface area contributed by atoms with E-state index in [0.717, 1.165) is 17.5 Å². The standard InChI is InChI=1S/C18H21NO3/c1-10-5-3-4-6-14(10)11(2)19-17(20)15-12-7-8-13(9-12)16(15)18(21)22/h3-8,11-13,15-16H,9H2,1-2H3,(H,19,20)(H,21,22). The molecular formula is C18H21NO3. The van der Waals surface area contributed by atoms with Crippen LogP contribution in [0.4, 0.5) is 0 Å². The SMILES string of the molecule is Cc1ccccc1C(C)NC(=O)C1C2C=CC(C2)C1C(=O)O. The Morgan fingerprint density at radius 3 is 2.45 bits per heavy atom. The molecule has 0 heterocycles. The fourth-order valence-corrected chi connectivity index (χ4v) is 3.98. The maximum Gasteiger partial charge on any atom is 0.307 e. The van der Waals surface area contributed by atoms with Crippen molar-refractivity contribution in [1.82, 2.24) is 5.32 Å². The number of allylic oxidation sites excluding steroid dienone is 2. The van der Waals surface area contributed by atoms with E-state index in [-0.39, 0.29) is 23.8 Å². The number of carbonyl (C=O) groups is 2. The second-order valence-electron chi connectivity index (χ2n) is 6.42. The number of carboxylic acid groups (broad SMARTS) is 1. The molecule has 5 atom stereocenters. The third kappa shape index (κ3) is 2.43. The van der Waals surface area contributed by atoms with Crippen molar-refractivity contribution in [2.75, 3.05) is 0 Å². The maximum atomic E-state index is 12.6. The fourth-order valence-electron chi connectivity index (χ4n) is 3.98. The summed E-state index contributed by atoms with van der Waals surface area (Å²) >= 11 is 0. The summed E-state index contributed by atoms with van der Waals surface area (Å²) in [6.45, 7) is 3.96. The van der Waals surface area contributed by atoms with Gasteiger partial charge in [0.15, 0.2) is 0 Å². The van der Waals surface area contributed by atoms with E-state index in [4.69, 9.17) is 0 Å². The molecular weight excluding hydrogens is 278 g/mol. The predicted molar refractivity (Wildman–Crippen MR) is 83.1 cm³/mol. The van der Waals surface area contributed by atoms with Crippen molar-refractivity contribution in [2.24, 2.45) is 23.7 Å². The van der Waals surface area contributed by atoms with E-state index in [1.165, 1.54) is 0 Å². The topological polar surface area (TPSA) is 66.4 Å². The van der Waals surface area contributed by atoms with E-state index in [2.05, 4.69) is 5.32 Å². The third-order valence-electron chi connectivity index (χ3n) is 5.06. The fraction of sp³-hybridized carbons (Fsp3) is 0.444. The lowest BCUT2D eigenvalue weighted by atomic mass is 9.82. The highest BCUT2D eigenvalue weighted by Crippen LogP contribution is 2.48. The Labute approximate surface area is 130 Å². The molecule has 0 spiro atoms. The third-order valence-corrected chi connectivity index (χ3v) is 5.06. The average molecular weight is 299 g/mol. The van der Waals surface area contributed by atoms with Gasteiger partial charge in [0.05, 0.1) is 17.9 Å². The number of fused-ring (bicyclic) bond motifs is 2. The number of nitrogens with one attached hydrogen (secondary N) is 1. The molecule has 4 nitrogen and oxygen atoms in total. The first kappa shape index (κ1) is 14.8. The average Bonchev–Trinajstić information content (AvgIpc) is 3.07. The molecule has 22 heavy (non-hydrogen) atoms. The molecule has 1 saturated carbocycles. The Morgan fingerprint density at radius 2 is 1.82 bits per heavy atom. The molecule has 1 aromatic rings. The molecule has 2 bridgehead atoms. The molecule has 1 amide bonds. The zero-order valence-corrected chi connectivity index (χ0v) is 12.8. The highest BCUT2D eigenvalue weighted by molar-refractivity contribution is 5.87. The molecule has 116 valence electrons. The van der Waals surface area contributed by atoms with E-state index >= 15 is 0 Å². The van der Waals surface area contributed by atoms with Crippen molar-refractivity contribution in [3.8, 4) is 0 Å².